The first-order chi connectivity index (χ1) is 15.8. The average molecular weight is 466 g/mol. The molecule has 3 aromatic rings. The van der Waals surface area contributed by atoms with Crippen LogP contribution < -0.4 is 14.2 Å². The largest absolute Gasteiger partial charge is 0.573 e. The van der Waals surface area contributed by atoms with Crippen LogP contribution in [0.15, 0.2) is 53.2 Å². The van der Waals surface area contributed by atoms with E-state index in [1.54, 1.807) is 19.1 Å². The third-order valence-corrected chi connectivity index (χ3v) is 4.23. The fourth-order valence-corrected chi connectivity index (χ4v) is 2.90. The van der Waals surface area contributed by atoms with E-state index in [0.29, 0.717) is 22.1 Å². The predicted molar refractivity (Wildman–Crippen MR) is 112 cm³/mol. The maximum absolute atomic E-state index is 12.4. The second-order valence-corrected chi connectivity index (χ2v) is 6.58. The molecule has 10 heteroatoms. The van der Waals surface area contributed by atoms with Crippen molar-refractivity contribution in [3.63, 3.8) is 0 Å². The van der Waals surface area contributed by atoms with Gasteiger partial charge in [-0.25, -0.2) is 4.79 Å². The summed E-state index contributed by atoms with van der Waals surface area (Å²) in [4.78, 5) is 11.8. The molecule has 0 aliphatic carbocycles. The fraction of sp³-hybridized carbons (Fsp3) is 0.261. The Morgan fingerprint density at radius 2 is 1.85 bits per heavy atom. The first kappa shape index (κ1) is 24.0. The summed E-state index contributed by atoms with van der Waals surface area (Å²) in [5.41, 5.74) is 1.48. The first-order valence-electron chi connectivity index (χ1n) is 9.79. The molecule has 33 heavy (non-hydrogen) atoms. The minimum atomic E-state index is -4.77. The van der Waals surface area contributed by atoms with Crippen LogP contribution in [0.4, 0.5) is 13.2 Å². The van der Waals surface area contributed by atoms with Crippen molar-refractivity contribution in [2.24, 2.45) is 0 Å². The minimum Gasteiger partial charge on any atom is -0.484 e. The van der Waals surface area contributed by atoms with Crippen LogP contribution >= 0.6 is 0 Å². The Hall–Kier alpha value is -3.66. The minimum absolute atomic E-state index is 0.0118. The van der Waals surface area contributed by atoms with E-state index in [9.17, 15) is 18.0 Å². The number of ether oxygens (including phenoxy) is 5. The van der Waals surface area contributed by atoms with E-state index in [2.05, 4.69) is 4.74 Å². The Kier molecular flexibility index (Phi) is 7.83. The van der Waals surface area contributed by atoms with E-state index < -0.39 is 12.3 Å². The lowest BCUT2D eigenvalue weighted by Crippen LogP contribution is -2.17. The molecule has 0 N–H and O–H groups in total. The maximum Gasteiger partial charge on any atom is 0.573 e. The predicted octanol–water partition coefficient (Wildman–Crippen LogP) is 5.47. The molecular formula is C23H21F3O7. The van der Waals surface area contributed by atoms with Crippen molar-refractivity contribution in [3.8, 4) is 17.2 Å². The number of carbonyl (C=O) groups is 1. The van der Waals surface area contributed by atoms with Crippen LogP contribution in [-0.4, -0.2) is 32.8 Å². The molecule has 3 rings (SSSR count). The quantitative estimate of drug-likeness (QED) is 0.223. The lowest BCUT2D eigenvalue weighted by atomic mass is 10.1. The molecule has 0 saturated heterocycles. The van der Waals surface area contributed by atoms with Gasteiger partial charge in [0.2, 0.25) is 5.75 Å². The number of carbonyl (C=O) groups excluding carboxylic acids is 1. The van der Waals surface area contributed by atoms with Gasteiger partial charge in [0.15, 0.2) is 18.1 Å². The van der Waals surface area contributed by atoms with E-state index >= 15 is 0 Å². The summed E-state index contributed by atoms with van der Waals surface area (Å²) in [7, 11) is 1.45. The normalized spacial score (nSPS) is 11.7. The van der Waals surface area contributed by atoms with Crippen molar-refractivity contribution in [1.82, 2.24) is 0 Å². The molecule has 7 nitrogen and oxygen atoms in total. The van der Waals surface area contributed by atoms with E-state index in [-0.39, 0.29) is 37.3 Å². The molecule has 2 aromatic carbocycles. The SMILES string of the molecule is CCOC(=O)/C=C/c1cc2ccoc2c(OCOC)c1OCc1ccc(OC(F)(F)F)cc1. The van der Waals surface area contributed by atoms with Gasteiger partial charge in [0.05, 0.1) is 12.9 Å². The summed E-state index contributed by atoms with van der Waals surface area (Å²) in [5, 5.41) is 0.700. The van der Waals surface area contributed by atoms with Gasteiger partial charge in [-0.05, 0) is 42.8 Å². The molecule has 1 aromatic heterocycles. The molecule has 0 radical (unpaired) electrons. The number of halogens is 3. The average Bonchev–Trinajstić information content (AvgIpc) is 3.23. The Bertz CT molecular complexity index is 1100. The molecule has 0 aliphatic rings. The molecule has 0 aliphatic heterocycles. The molecule has 0 amide bonds. The number of rotatable bonds is 10. The third kappa shape index (κ3) is 6.66. The summed E-state index contributed by atoms with van der Waals surface area (Å²) in [6.45, 7) is 1.81. The zero-order valence-electron chi connectivity index (χ0n) is 17.8. The van der Waals surface area contributed by atoms with Gasteiger partial charge in [-0.2, -0.15) is 0 Å². The number of methoxy groups -OCH3 is 1. The number of esters is 1. The summed E-state index contributed by atoms with van der Waals surface area (Å²) in [6, 6.07) is 8.72. The second kappa shape index (κ2) is 10.8. The molecule has 0 spiro atoms. The van der Waals surface area contributed by atoms with Crippen molar-refractivity contribution in [1.29, 1.82) is 0 Å². The highest BCUT2D eigenvalue weighted by molar-refractivity contribution is 5.93. The van der Waals surface area contributed by atoms with Gasteiger partial charge in [-0.1, -0.05) is 12.1 Å². The molecule has 1 heterocycles. The third-order valence-electron chi connectivity index (χ3n) is 4.23. The zero-order chi connectivity index (χ0) is 23.8. The van der Waals surface area contributed by atoms with E-state index in [1.165, 1.54) is 49.8 Å². The maximum atomic E-state index is 12.4. The topological polar surface area (TPSA) is 76.4 Å². The van der Waals surface area contributed by atoms with Crippen LogP contribution in [0.1, 0.15) is 18.1 Å². The summed E-state index contributed by atoms with van der Waals surface area (Å²) in [5.74, 6) is -0.369. The lowest BCUT2D eigenvalue weighted by molar-refractivity contribution is -0.274. The van der Waals surface area contributed by atoms with E-state index in [4.69, 9.17) is 23.4 Å². The number of hydrogen-bond donors (Lipinski definition) is 0. The standard InChI is InChI=1S/C23H21F3O7/c1-3-29-19(27)9-6-16-12-17-10-11-30-20(17)22(32-14-28-2)21(16)31-13-15-4-7-18(8-5-15)33-23(24,25)26/h4-12H,3,13-14H2,1-2H3/b9-6+. The van der Waals surface area contributed by atoms with Crippen LogP contribution in [0, 0.1) is 0 Å². The Balaban J connectivity index is 1.91. The zero-order valence-corrected chi connectivity index (χ0v) is 17.8. The number of fused-ring (bicyclic) bond motifs is 1. The molecule has 176 valence electrons. The summed E-state index contributed by atoms with van der Waals surface area (Å²) in [6.07, 6.45) is -0.531. The van der Waals surface area contributed by atoms with Gasteiger partial charge < -0.3 is 28.1 Å². The van der Waals surface area contributed by atoms with Crippen molar-refractivity contribution >= 4 is 23.0 Å². The van der Waals surface area contributed by atoms with E-state index in [0.717, 1.165) is 0 Å². The number of alkyl halides is 3. The van der Waals surface area contributed by atoms with Gasteiger partial charge in [0, 0.05) is 24.1 Å². The highest BCUT2D eigenvalue weighted by Crippen LogP contribution is 2.41. The van der Waals surface area contributed by atoms with Crippen molar-refractivity contribution in [3.05, 3.63) is 59.9 Å². The fourth-order valence-electron chi connectivity index (χ4n) is 2.90. The highest BCUT2D eigenvalue weighted by atomic mass is 19.4. The van der Waals surface area contributed by atoms with Crippen molar-refractivity contribution in [2.45, 2.75) is 19.9 Å². The van der Waals surface area contributed by atoms with Gasteiger partial charge >= 0.3 is 12.3 Å². The van der Waals surface area contributed by atoms with Gasteiger partial charge in [-0.15, -0.1) is 13.2 Å². The van der Waals surface area contributed by atoms with Crippen LogP contribution in [-0.2, 0) is 20.9 Å². The van der Waals surface area contributed by atoms with Gasteiger partial charge in [-0.3, -0.25) is 0 Å². The molecule has 0 bridgehead atoms. The second-order valence-electron chi connectivity index (χ2n) is 6.58. The smallest absolute Gasteiger partial charge is 0.484 e. The first-order valence-corrected chi connectivity index (χ1v) is 9.79. The monoisotopic (exact) mass is 466 g/mol. The lowest BCUT2D eigenvalue weighted by Gasteiger charge is -2.16. The van der Waals surface area contributed by atoms with Gasteiger partial charge in [0.1, 0.15) is 12.4 Å². The van der Waals surface area contributed by atoms with Crippen LogP contribution in [0.5, 0.6) is 17.2 Å². The molecule has 0 saturated carbocycles. The molecule has 0 unspecified atom stereocenters. The van der Waals surface area contributed by atoms with Crippen LogP contribution in [0.25, 0.3) is 17.0 Å². The van der Waals surface area contributed by atoms with Gasteiger partial charge in [0.25, 0.3) is 0 Å². The van der Waals surface area contributed by atoms with Crippen molar-refractivity contribution in [2.75, 3.05) is 20.5 Å². The summed E-state index contributed by atoms with van der Waals surface area (Å²) >= 11 is 0. The van der Waals surface area contributed by atoms with E-state index in [1.807, 2.05) is 0 Å². The van der Waals surface area contributed by atoms with Crippen LogP contribution in [0.3, 0.4) is 0 Å². The number of benzene rings is 2. The Morgan fingerprint density at radius 1 is 1.09 bits per heavy atom. The van der Waals surface area contributed by atoms with Crippen molar-refractivity contribution < 1.29 is 46.1 Å². The number of hydrogen-bond acceptors (Lipinski definition) is 7. The molecule has 0 atom stereocenters. The summed E-state index contributed by atoms with van der Waals surface area (Å²) < 4.78 is 68.0. The molecule has 0 fully saturated rings. The Labute approximate surface area is 187 Å². The highest BCUT2D eigenvalue weighted by Gasteiger charge is 2.31. The Morgan fingerprint density at radius 3 is 2.52 bits per heavy atom. The van der Waals surface area contributed by atoms with Crippen LogP contribution in [0.2, 0.25) is 0 Å². The number of furan rings is 1. The molecular weight excluding hydrogens is 445 g/mol.